The van der Waals surface area contributed by atoms with Crippen LogP contribution < -0.4 is 0 Å². The molecule has 0 aromatic carbocycles. The summed E-state index contributed by atoms with van der Waals surface area (Å²) in [4.78, 5) is 0. The number of hydrogen-bond donors (Lipinski definition) is 9. The Balaban J connectivity index is 1.71. The zero-order valence-corrected chi connectivity index (χ0v) is 25.4. The minimum Gasteiger partial charge on any atom is -0.394 e. The van der Waals surface area contributed by atoms with E-state index in [1.807, 2.05) is 6.92 Å². The largest absolute Gasteiger partial charge is 0.394 e. The molecular formula is C27H50O16. The van der Waals surface area contributed by atoms with Gasteiger partial charge < -0.3 is 79.1 Å². The second-order valence-corrected chi connectivity index (χ2v) is 12.7. The van der Waals surface area contributed by atoms with Gasteiger partial charge in [-0.15, -0.1) is 0 Å². The average Bonchev–Trinajstić information content (AvgIpc) is 2.95. The van der Waals surface area contributed by atoms with Crippen molar-refractivity contribution in [2.45, 2.75) is 151 Å². The summed E-state index contributed by atoms with van der Waals surface area (Å²) in [5, 5.41) is 94.5. The predicted molar refractivity (Wildman–Crippen MR) is 143 cm³/mol. The van der Waals surface area contributed by atoms with Crippen molar-refractivity contribution in [3.8, 4) is 0 Å². The van der Waals surface area contributed by atoms with E-state index in [1.54, 1.807) is 34.6 Å². The van der Waals surface area contributed by atoms with Gasteiger partial charge in [-0.2, -0.15) is 0 Å². The predicted octanol–water partition coefficient (Wildman–Crippen LogP) is -3.54. The first-order chi connectivity index (χ1) is 20.0. The van der Waals surface area contributed by atoms with Crippen LogP contribution in [-0.4, -0.2) is 169 Å². The maximum Gasteiger partial charge on any atom is 0.187 e. The third-order valence-corrected chi connectivity index (χ3v) is 7.82. The fraction of sp³-hybridized carbons (Fsp3) is 1.00. The van der Waals surface area contributed by atoms with Gasteiger partial charge in [0.15, 0.2) is 18.9 Å². The summed E-state index contributed by atoms with van der Waals surface area (Å²) < 4.78 is 39.8. The molecule has 0 radical (unpaired) electrons. The Labute approximate surface area is 250 Å². The van der Waals surface area contributed by atoms with Gasteiger partial charge in [0.1, 0.15) is 73.2 Å². The molecule has 0 spiro atoms. The van der Waals surface area contributed by atoms with Crippen LogP contribution in [0.15, 0.2) is 0 Å². The number of ether oxygens (including phenoxy) is 7. The van der Waals surface area contributed by atoms with Gasteiger partial charge in [-0.1, -0.05) is 6.92 Å². The Morgan fingerprint density at radius 2 is 0.860 bits per heavy atom. The van der Waals surface area contributed by atoms with Gasteiger partial charge in [0.2, 0.25) is 0 Å². The van der Waals surface area contributed by atoms with Crippen molar-refractivity contribution >= 4 is 0 Å². The van der Waals surface area contributed by atoms with Crippen molar-refractivity contribution in [2.24, 2.45) is 0 Å². The molecule has 3 aliphatic rings. The van der Waals surface area contributed by atoms with Crippen LogP contribution in [0.3, 0.4) is 0 Å². The smallest absolute Gasteiger partial charge is 0.187 e. The monoisotopic (exact) mass is 630 g/mol. The lowest BCUT2D eigenvalue weighted by molar-refractivity contribution is -0.384. The summed E-state index contributed by atoms with van der Waals surface area (Å²) in [5.41, 5.74) is -1.48. The molecule has 0 aliphatic carbocycles. The van der Waals surface area contributed by atoms with E-state index in [4.69, 9.17) is 33.2 Å². The minimum absolute atomic E-state index is 0.558. The molecule has 254 valence electrons. The molecule has 15 atom stereocenters. The van der Waals surface area contributed by atoms with Gasteiger partial charge in [0, 0.05) is 0 Å². The van der Waals surface area contributed by atoms with Crippen LogP contribution in [0.5, 0.6) is 0 Å². The highest BCUT2D eigenvalue weighted by Crippen LogP contribution is 2.34. The SMILES string of the molecule is CCC(C)(C)OC1C(CO)OC(OC2C(CO)OC(OC3C(CO)OC(OC(C)(C)C)C(O)C3O)C(O)C2O)C(O)C1O. The third kappa shape index (κ3) is 8.59. The van der Waals surface area contributed by atoms with Crippen LogP contribution in [0.25, 0.3) is 0 Å². The van der Waals surface area contributed by atoms with Gasteiger partial charge in [-0.05, 0) is 41.0 Å². The summed E-state index contributed by atoms with van der Waals surface area (Å²) in [6.07, 6.45) is -22.3. The third-order valence-electron chi connectivity index (χ3n) is 7.82. The molecular weight excluding hydrogens is 580 g/mol. The fourth-order valence-electron chi connectivity index (χ4n) is 5.07. The molecule has 3 aliphatic heterocycles. The molecule has 16 nitrogen and oxygen atoms in total. The summed E-state index contributed by atoms with van der Waals surface area (Å²) in [5.74, 6) is 0. The number of hydrogen-bond acceptors (Lipinski definition) is 16. The van der Waals surface area contributed by atoms with Gasteiger partial charge in [0.05, 0.1) is 31.0 Å². The second-order valence-electron chi connectivity index (χ2n) is 12.7. The van der Waals surface area contributed by atoms with E-state index < -0.39 is 123 Å². The number of aliphatic hydroxyl groups excluding tert-OH is 9. The van der Waals surface area contributed by atoms with Crippen molar-refractivity contribution < 1.29 is 79.1 Å². The van der Waals surface area contributed by atoms with E-state index in [9.17, 15) is 46.0 Å². The lowest BCUT2D eigenvalue weighted by atomic mass is 9.95. The maximum absolute atomic E-state index is 11.0. The lowest BCUT2D eigenvalue weighted by Crippen LogP contribution is -2.67. The zero-order valence-electron chi connectivity index (χ0n) is 25.4. The van der Waals surface area contributed by atoms with Crippen LogP contribution in [0.1, 0.15) is 48.0 Å². The van der Waals surface area contributed by atoms with Crippen LogP contribution in [-0.2, 0) is 33.2 Å². The van der Waals surface area contributed by atoms with Crippen LogP contribution in [0, 0.1) is 0 Å². The topological polar surface area (TPSA) is 247 Å². The minimum atomic E-state index is -1.87. The van der Waals surface area contributed by atoms with Gasteiger partial charge >= 0.3 is 0 Å². The Kier molecular flexibility index (Phi) is 12.7. The highest BCUT2D eigenvalue weighted by Gasteiger charge is 2.54. The lowest BCUT2D eigenvalue weighted by Gasteiger charge is -2.49. The molecule has 16 heteroatoms. The first-order valence-electron chi connectivity index (χ1n) is 14.5. The molecule has 15 unspecified atom stereocenters. The van der Waals surface area contributed by atoms with Crippen LogP contribution in [0.4, 0.5) is 0 Å². The Morgan fingerprint density at radius 1 is 0.512 bits per heavy atom. The average molecular weight is 631 g/mol. The Hall–Kier alpha value is -0.640. The standard InChI is InChI=1S/C27H50O16/c1-7-27(5,6)42-22-13(10-30)38-24(18(35)16(22)33)40-20-11(8-28)37-23(17(34)14(20)31)41-21-12(9-29)39-25(19(36)15(21)32)43-26(2,3)4/h11-25,28-36H,7-10H2,1-6H3. The van der Waals surface area contributed by atoms with E-state index in [0.29, 0.717) is 6.42 Å². The summed E-state index contributed by atoms with van der Waals surface area (Å²) in [7, 11) is 0. The number of rotatable bonds is 11. The van der Waals surface area contributed by atoms with E-state index in [2.05, 4.69) is 0 Å². The molecule has 0 bridgehead atoms. The maximum atomic E-state index is 11.0. The van der Waals surface area contributed by atoms with Crippen molar-refractivity contribution in [2.75, 3.05) is 19.8 Å². The molecule has 0 amide bonds. The molecule has 3 rings (SSSR count). The summed E-state index contributed by atoms with van der Waals surface area (Å²) in [6, 6.07) is 0. The summed E-state index contributed by atoms with van der Waals surface area (Å²) >= 11 is 0. The van der Waals surface area contributed by atoms with Crippen LogP contribution >= 0.6 is 0 Å². The molecule has 3 saturated heterocycles. The van der Waals surface area contributed by atoms with Crippen molar-refractivity contribution in [1.29, 1.82) is 0 Å². The first kappa shape index (κ1) is 36.8. The normalized spacial score (nSPS) is 44.9. The fourth-order valence-corrected chi connectivity index (χ4v) is 5.07. The quantitative estimate of drug-likeness (QED) is 0.107. The number of aliphatic hydroxyl groups is 9. The first-order valence-corrected chi connectivity index (χ1v) is 14.5. The zero-order chi connectivity index (χ0) is 32.4. The Morgan fingerprint density at radius 3 is 1.23 bits per heavy atom. The van der Waals surface area contributed by atoms with Crippen molar-refractivity contribution in [3.63, 3.8) is 0 Å². The van der Waals surface area contributed by atoms with Gasteiger partial charge in [-0.25, -0.2) is 0 Å². The van der Waals surface area contributed by atoms with E-state index >= 15 is 0 Å². The molecule has 3 heterocycles. The Bertz CT molecular complexity index is 849. The van der Waals surface area contributed by atoms with E-state index in [1.165, 1.54) is 0 Å². The molecule has 9 N–H and O–H groups in total. The van der Waals surface area contributed by atoms with E-state index in [-0.39, 0.29) is 0 Å². The van der Waals surface area contributed by atoms with E-state index in [0.717, 1.165) is 0 Å². The van der Waals surface area contributed by atoms with Gasteiger partial charge in [-0.3, -0.25) is 0 Å². The van der Waals surface area contributed by atoms with Gasteiger partial charge in [0.25, 0.3) is 0 Å². The molecule has 3 fully saturated rings. The molecule has 0 aromatic heterocycles. The second kappa shape index (κ2) is 14.8. The highest BCUT2D eigenvalue weighted by molar-refractivity contribution is 4.97. The molecule has 43 heavy (non-hydrogen) atoms. The van der Waals surface area contributed by atoms with Crippen molar-refractivity contribution in [3.05, 3.63) is 0 Å². The summed E-state index contributed by atoms with van der Waals surface area (Å²) in [6.45, 7) is 8.44. The molecule has 0 aromatic rings. The highest BCUT2D eigenvalue weighted by atomic mass is 16.8. The van der Waals surface area contributed by atoms with Crippen LogP contribution in [0.2, 0.25) is 0 Å². The van der Waals surface area contributed by atoms with Crippen molar-refractivity contribution in [1.82, 2.24) is 0 Å². The molecule has 0 saturated carbocycles.